The van der Waals surface area contributed by atoms with Crippen molar-refractivity contribution < 1.29 is 0 Å². The molecule has 1 aliphatic rings. The van der Waals surface area contributed by atoms with Crippen molar-refractivity contribution in [2.75, 3.05) is 16.8 Å². The van der Waals surface area contributed by atoms with Gasteiger partial charge in [0.05, 0.1) is 0 Å². The summed E-state index contributed by atoms with van der Waals surface area (Å²) in [5, 5.41) is 0.962. The van der Waals surface area contributed by atoms with Crippen LogP contribution in [0, 0.1) is 5.92 Å². The summed E-state index contributed by atoms with van der Waals surface area (Å²) in [6.07, 6.45) is 8.23. The topological polar surface area (TPSA) is 38.1 Å². The first-order valence-corrected chi connectivity index (χ1v) is 8.63. The van der Waals surface area contributed by atoms with Crippen LogP contribution in [0.3, 0.4) is 0 Å². The molecule has 0 amide bonds. The van der Waals surface area contributed by atoms with Gasteiger partial charge in [0.2, 0.25) is 0 Å². The van der Waals surface area contributed by atoms with E-state index in [1.54, 1.807) is 17.0 Å². The molecule has 2 rings (SSSR count). The molecule has 0 spiro atoms. The lowest BCUT2D eigenvalue weighted by molar-refractivity contribution is 0.382. The summed E-state index contributed by atoms with van der Waals surface area (Å²) < 4.78 is 1.80. The average molecular weight is 342 g/mol. The predicted molar refractivity (Wildman–Crippen MR) is 86.7 cm³/mol. The lowest BCUT2D eigenvalue weighted by Gasteiger charge is -2.38. The summed E-state index contributed by atoms with van der Waals surface area (Å²) in [7, 11) is 0. The number of hydrogen-bond donors (Lipinski definition) is 0. The smallest absolute Gasteiger partial charge is 0.293 e. The second kappa shape index (κ2) is 7.25. The molecular weight excluding hydrogens is 318 g/mol. The van der Waals surface area contributed by atoms with Gasteiger partial charge in [0.1, 0.15) is 0 Å². The first kappa shape index (κ1) is 15.5. The average Bonchev–Trinajstić information content (AvgIpc) is 2.34. The number of aromatic nitrogens is 2. The van der Waals surface area contributed by atoms with Crippen molar-refractivity contribution in [3.63, 3.8) is 0 Å². The number of alkyl halides is 1. The summed E-state index contributed by atoms with van der Waals surface area (Å²) in [5.74, 6) is 1.10. The van der Waals surface area contributed by atoms with E-state index in [1.807, 2.05) is 0 Å². The molecule has 112 valence electrons. The van der Waals surface area contributed by atoms with Crippen LogP contribution in [0.25, 0.3) is 0 Å². The highest BCUT2D eigenvalue weighted by molar-refractivity contribution is 9.09. The first-order valence-electron chi connectivity index (χ1n) is 7.51. The molecule has 0 aliphatic heterocycles. The molecule has 1 heterocycles. The molecule has 1 aliphatic carbocycles. The van der Waals surface area contributed by atoms with Crippen molar-refractivity contribution in [2.24, 2.45) is 5.92 Å². The quantitative estimate of drug-likeness (QED) is 0.715. The second-order valence-corrected chi connectivity index (χ2v) is 6.72. The number of halogens is 1. The van der Waals surface area contributed by atoms with Gasteiger partial charge < -0.3 is 9.47 Å². The molecule has 0 unspecified atom stereocenters. The molecule has 4 nitrogen and oxygen atoms in total. The van der Waals surface area contributed by atoms with Gasteiger partial charge in [-0.15, -0.1) is 0 Å². The number of anilines is 1. The van der Waals surface area contributed by atoms with Gasteiger partial charge in [0, 0.05) is 36.9 Å². The molecule has 1 saturated carbocycles. The Balaban J connectivity index is 2.25. The van der Waals surface area contributed by atoms with Crippen molar-refractivity contribution in [2.45, 2.75) is 52.1 Å². The molecule has 20 heavy (non-hydrogen) atoms. The van der Waals surface area contributed by atoms with Crippen molar-refractivity contribution >= 4 is 21.7 Å². The number of hydrogen-bond acceptors (Lipinski definition) is 3. The van der Waals surface area contributed by atoms with E-state index in [-0.39, 0.29) is 5.56 Å². The molecule has 0 saturated heterocycles. The van der Waals surface area contributed by atoms with E-state index in [4.69, 9.17) is 0 Å². The largest absolute Gasteiger partial charge is 0.349 e. The zero-order valence-corrected chi connectivity index (χ0v) is 14.0. The van der Waals surface area contributed by atoms with Gasteiger partial charge in [0.15, 0.2) is 5.82 Å². The van der Waals surface area contributed by atoms with Crippen molar-refractivity contribution in [3.05, 3.63) is 22.7 Å². The minimum atomic E-state index is 0.0580. The third kappa shape index (κ3) is 3.62. The summed E-state index contributed by atoms with van der Waals surface area (Å²) in [4.78, 5) is 19.2. The van der Waals surface area contributed by atoms with E-state index in [0.29, 0.717) is 17.8 Å². The van der Waals surface area contributed by atoms with Gasteiger partial charge >= 0.3 is 0 Å². The van der Waals surface area contributed by atoms with Gasteiger partial charge in [-0.05, 0) is 31.6 Å². The Kier molecular flexibility index (Phi) is 5.64. The predicted octanol–water partition coefficient (Wildman–Crippen LogP) is 3.04. The Morgan fingerprint density at radius 2 is 2.25 bits per heavy atom. The second-order valence-electron chi connectivity index (χ2n) is 5.92. The highest BCUT2D eigenvalue weighted by atomic mass is 79.9. The normalized spacial score (nSPS) is 15.4. The Morgan fingerprint density at radius 3 is 2.80 bits per heavy atom. The Hall–Kier alpha value is -0.840. The fourth-order valence-corrected chi connectivity index (χ4v) is 2.81. The summed E-state index contributed by atoms with van der Waals surface area (Å²) in [5.41, 5.74) is 0.0580. The third-order valence-electron chi connectivity index (χ3n) is 3.78. The van der Waals surface area contributed by atoms with E-state index >= 15 is 0 Å². The summed E-state index contributed by atoms with van der Waals surface area (Å²) in [6, 6.07) is 0.504. The van der Waals surface area contributed by atoms with Crippen molar-refractivity contribution in [1.82, 2.24) is 9.55 Å². The van der Waals surface area contributed by atoms with Crippen LogP contribution < -0.4 is 10.5 Å². The standard InChI is InChI=1S/C15H24BrN3O/c1-12(2)11-18-10-8-17-14(15(18)20)19(9-4-7-16)13-5-3-6-13/h8,10,12-13H,3-7,9,11H2,1-2H3. The highest BCUT2D eigenvalue weighted by Crippen LogP contribution is 2.27. The van der Waals surface area contributed by atoms with E-state index in [9.17, 15) is 4.79 Å². The van der Waals surface area contributed by atoms with Crippen LogP contribution in [-0.4, -0.2) is 27.5 Å². The zero-order valence-electron chi connectivity index (χ0n) is 12.4. The molecule has 5 heteroatoms. The molecular formula is C15H24BrN3O. The summed E-state index contributed by atoms with van der Waals surface area (Å²) >= 11 is 3.47. The zero-order chi connectivity index (χ0) is 14.5. The Bertz CT molecular complexity index is 482. The molecule has 0 aromatic carbocycles. The first-order chi connectivity index (χ1) is 9.63. The van der Waals surface area contributed by atoms with Gasteiger partial charge in [-0.3, -0.25) is 4.79 Å². The third-order valence-corrected chi connectivity index (χ3v) is 4.34. The molecule has 1 fully saturated rings. The SMILES string of the molecule is CC(C)Cn1ccnc(N(CCCBr)C2CCC2)c1=O. The fraction of sp³-hybridized carbons (Fsp3) is 0.733. The van der Waals surface area contributed by atoms with Crippen LogP contribution in [-0.2, 0) is 6.54 Å². The van der Waals surface area contributed by atoms with Gasteiger partial charge in [-0.25, -0.2) is 4.98 Å². The van der Waals surface area contributed by atoms with Crippen LogP contribution in [0.5, 0.6) is 0 Å². The number of rotatable bonds is 7. The molecule has 0 bridgehead atoms. The minimum Gasteiger partial charge on any atom is -0.349 e. The highest BCUT2D eigenvalue weighted by Gasteiger charge is 2.27. The van der Waals surface area contributed by atoms with Gasteiger partial charge in [-0.1, -0.05) is 29.8 Å². The van der Waals surface area contributed by atoms with Crippen LogP contribution in [0.1, 0.15) is 39.5 Å². The molecule has 0 N–H and O–H groups in total. The minimum absolute atomic E-state index is 0.0580. The number of nitrogens with zero attached hydrogens (tertiary/aromatic N) is 3. The maximum absolute atomic E-state index is 12.6. The summed E-state index contributed by atoms with van der Waals surface area (Å²) in [6.45, 7) is 5.91. The van der Waals surface area contributed by atoms with E-state index < -0.39 is 0 Å². The van der Waals surface area contributed by atoms with Crippen molar-refractivity contribution in [1.29, 1.82) is 0 Å². The fourth-order valence-electron chi connectivity index (χ4n) is 2.56. The lowest BCUT2D eigenvalue weighted by atomic mass is 9.91. The van der Waals surface area contributed by atoms with Crippen LogP contribution in [0.2, 0.25) is 0 Å². The van der Waals surface area contributed by atoms with Crippen LogP contribution in [0.4, 0.5) is 5.82 Å². The van der Waals surface area contributed by atoms with Crippen molar-refractivity contribution in [3.8, 4) is 0 Å². The molecule has 1 aromatic rings. The molecule has 0 atom stereocenters. The van der Waals surface area contributed by atoms with Crippen LogP contribution >= 0.6 is 15.9 Å². The Morgan fingerprint density at radius 1 is 1.50 bits per heavy atom. The monoisotopic (exact) mass is 341 g/mol. The van der Waals surface area contributed by atoms with Crippen LogP contribution in [0.15, 0.2) is 17.2 Å². The van der Waals surface area contributed by atoms with Gasteiger partial charge in [0.25, 0.3) is 5.56 Å². The van der Waals surface area contributed by atoms with Gasteiger partial charge in [-0.2, -0.15) is 0 Å². The maximum atomic E-state index is 12.6. The Labute approximate surface area is 129 Å². The molecule has 0 radical (unpaired) electrons. The molecule has 1 aromatic heterocycles. The van der Waals surface area contributed by atoms with E-state index in [0.717, 1.165) is 24.8 Å². The van der Waals surface area contributed by atoms with E-state index in [2.05, 4.69) is 39.7 Å². The lowest BCUT2D eigenvalue weighted by Crippen LogP contribution is -2.45. The maximum Gasteiger partial charge on any atom is 0.293 e. The van der Waals surface area contributed by atoms with E-state index in [1.165, 1.54) is 19.3 Å².